The molecule has 32 heavy (non-hydrogen) atoms. The van der Waals surface area contributed by atoms with Crippen molar-refractivity contribution in [1.82, 2.24) is 9.80 Å². The molecule has 1 atom stereocenters. The molecular formula is C21H26F4N2O5. The van der Waals surface area contributed by atoms with E-state index in [2.05, 4.69) is 4.74 Å². The molecule has 0 aromatic heterocycles. The molecule has 1 heterocycles. The van der Waals surface area contributed by atoms with Crippen molar-refractivity contribution >= 4 is 12.2 Å². The average Bonchev–Trinajstić information content (AvgIpc) is 3.41. The Morgan fingerprint density at radius 3 is 2.34 bits per heavy atom. The zero-order valence-electron chi connectivity index (χ0n) is 18.3. The van der Waals surface area contributed by atoms with Gasteiger partial charge in [0.15, 0.2) is 11.6 Å². The predicted octanol–water partition coefficient (Wildman–Crippen LogP) is 4.79. The lowest BCUT2D eigenvalue weighted by atomic mass is 9.98. The Kier molecular flexibility index (Phi) is 6.23. The first-order chi connectivity index (χ1) is 14.8. The molecule has 1 aromatic carbocycles. The van der Waals surface area contributed by atoms with Gasteiger partial charge in [0.25, 0.3) is 0 Å². The number of ether oxygens (including phenoxy) is 3. The topological polar surface area (TPSA) is 68.3 Å². The third-order valence-electron chi connectivity index (χ3n) is 5.49. The summed E-state index contributed by atoms with van der Waals surface area (Å²) in [6.07, 6.45) is -4.75. The second-order valence-corrected chi connectivity index (χ2v) is 8.92. The number of amides is 2. The first-order valence-electron chi connectivity index (χ1n) is 10.2. The molecule has 2 fully saturated rings. The molecule has 0 spiro atoms. The van der Waals surface area contributed by atoms with Crippen molar-refractivity contribution in [2.75, 3.05) is 20.2 Å². The normalized spacial score (nSPS) is 19.6. The van der Waals surface area contributed by atoms with Crippen LogP contribution < -0.4 is 4.74 Å². The van der Waals surface area contributed by atoms with Gasteiger partial charge in [-0.25, -0.2) is 14.0 Å². The van der Waals surface area contributed by atoms with E-state index in [1.54, 1.807) is 20.8 Å². The van der Waals surface area contributed by atoms with Gasteiger partial charge in [-0.1, -0.05) is 6.07 Å². The molecule has 0 radical (unpaired) electrons. The maximum atomic E-state index is 13.9. The lowest BCUT2D eigenvalue weighted by Gasteiger charge is -2.44. The van der Waals surface area contributed by atoms with Crippen molar-refractivity contribution in [2.45, 2.75) is 63.6 Å². The SMILES string of the molecule is COC(=O)N(CC1CCN1C(=O)OC(C)(C)C)C1(c2ccc(F)c(OC(F)(F)F)c2)CC1. The number of hydrogen-bond donors (Lipinski definition) is 0. The maximum absolute atomic E-state index is 13.9. The molecule has 1 aromatic rings. The summed E-state index contributed by atoms with van der Waals surface area (Å²) in [5.74, 6) is -2.13. The molecule has 11 heteroatoms. The fraction of sp³-hybridized carbons (Fsp3) is 0.619. The van der Waals surface area contributed by atoms with Crippen molar-refractivity contribution < 1.29 is 41.4 Å². The highest BCUT2D eigenvalue weighted by atomic mass is 19.4. The number of carbonyl (C=O) groups is 2. The summed E-state index contributed by atoms with van der Waals surface area (Å²) in [6.45, 7) is 5.79. The zero-order chi connectivity index (χ0) is 23.9. The van der Waals surface area contributed by atoms with E-state index in [9.17, 15) is 27.2 Å². The summed E-state index contributed by atoms with van der Waals surface area (Å²) >= 11 is 0. The summed E-state index contributed by atoms with van der Waals surface area (Å²) in [5.41, 5.74) is -1.36. The largest absolute Gasteiger partial charge is 0.573 e. The Balaban J connectivity index is 1.83. The molecule has 1 saturated heterocycles. The summed E-state index contributed by atoms with van der Waals surface area (Å²) in [6, 6.07) is 2.82. The standard InChI is InChI=1S/C21H26F4N2O5/c1-19(2,3)32-17(28)26-10-7-14(26)12-27(18(29)30-4)20(8-9-20)13-5-6-15(22)16(11-13)31-21(23,24)25/h5-6,11,14H,7-10,12H2,1-4H3. The highest BCUT2D eigenvalue weighted by molar-refractivity contribution is 5.72. The minimum absolute atomic E-state index is 0.0960. The van der Waals surface area contributed by atoms with E-state index in [0.29, 0.717) is 31.4 Å². The lowest BCUT2D eigenvalue weighted by Crippen LogP contribution is -2.59. The molecule has 2 amide bonds. The monoisotopic (exact) mass is 462 g/mol. The molecule has 2 aliphatic rings. The third-order valence-corrected chi connectivity index (χ3v) is 5.49. The first kappa shape index (κ1) is 23.9. The number of methoxy groups -OCH3 is 1. The van der Waals surface area contributed by atoms with Crippen LogP contribution in [-0.4, -0.2) is 60.2 Å². The van der Waals surface area contributed by atoms with Gasteiger partial charge in [0.05, 0.1) is 18.7 Å². The van der Waals surface area contributed by atoms with Gasteiger partial charge in [-0.3, -0.25) is 4.90 Å². The smallest absolute Gasteiger partial charge is 0.453 e. The molecular weight excluding hydrogens is 436 g/mol. The van der Waals surface area contributed by atoms with Gasteiger partial charge in [-0.05, 0) is 57.7 Å². The Bertz CT molecular complexity index is 880. The molecule has 7 nitrogen and oxygen atoms in total. The van der Waals surface area contributed by atoms with Gasteiger partial charge < -0.3 is 19.1 Å². The van der Waals surface area contributed by atoms with Gasteiger partial charge >= 0.3 is 18.5 Å². The first-order valence-corrected chi connectivity index (χ1v) is 10.2. The molecule has 1 aliphatic carbocycles. The van der Waals surface area contributed by atoms with Gasteiger partial charge in [-0.2, -0.15) is 0 Å². The van der Waals surface area contributed by atoms with Crippen molar-refractivity contribution in [3.05, 3.63) is 29.6 Å². The molecule has 178 valence electrons. The Labute approximate surface area is 183 Å². The number of halogens is 4. The van der Waals surface area contributed by atoms with Crippen LogP contribution >= 0.6 is 0 Å². The molecule has 1 aliphatic heterocycles. The summed E-state index contributed by atoms with van der Waals surface area (Å²) < 4.78 is 65.9. The van der Waals surface area contributed by atoms with E-state index < -0.39 is 41.3 Å². The predicted molar refractivity (Wildman–Crippen MR) is 104 cm³/mol. The maximum Gasteiger partial charge on any atom is 0.573 e. The summed E-state index contributed by atoms with van der Waals surface area (Å²) in [5, 5.41) is 0. The van der Waals surface area contributed by atoms with E-state index in [1.165, 1.54) is 23.0 Å². The van der Waals surface area contributed by atoms with Crippen LogP contribution in [0.15, 0.2) is 18.2 Å². The van der Waals surface area contributed by atoms with Crippen LogP contribution in [-0.2, 0) is 15.0 Å². The third kappa shape index (κ3) is 5.18. The number of benzene rings is 1. The van der Waals surface area contributed by atoms with Crippen LogP contribution in [0.2, 0.25) is 0 Å². The Hall–Kier alpha value is -2.72. The minimum Gasteiger partial charge on any atom is -0.453 e. The summed E-state index contributed by atoms with van der Waals surface area (Å²) in [7, 11) is 1.20. The van der Waals surface area contributed by atoms with Crippen molar-refractivity contribution in [3.8, 4) is 5.75 Å². The van der Waals surface area contributed by atoms with Gasteiger partial charge in [0.2, 0.25) is 0 Å². The Morgan fingerprint density at radius 1 is 1.22 bits per heavy atom. The van der Waals surface area contributed by atoms with Crippen molar-refractivity contribution in [3.63, 3.8) is 0 Å². The quantitative estimate of drug-likeness (QED) is 0.589. The molecule has 0 N–H and O–H groups in total. The summed E-state index contributed by atoms with van der Waals surface area (Å²) in [4.78, 5) is 27.9. The zero-order valence-corrected chi connectivity index (χ0v) is 18.3. The number of likely N-dealkylation sites (tertiary alicyclic amines) is 1. The van der Waals surface area contributed by atoms with E-state index in [0.717, 1.165) is 12.1 Å². The van der Waals surface area contributed by atoms with E-state index >= 15 is 0 Å². The van der Waals surface area contributed by atoms with Gasteiger partial charge in [0, 0.05) is 13.1 Å². The molecule has 1 unspecified atom stereocenters. The number of alkyl halides is 3. The highest BCUT2D eigenvalue weighted by Gasteiger charge is 2.54. The van der Waals surface area contributed by atoms with Crippen molar-refractivity contribution in [2.24, 2.45) is 0 Å². The van der Waals surface area contributed by atoms with Crippen LogP contribution in [0.25, 0.3) is 0 Å². The van der Waals surface area contributed by atoms with Crippen LogP contribution in [0.1, 0.15) is 45.6 Å². The molecule has 0 bridgehead atoms. The second-order valence-electron chi connectivity index (χ2n) is 8.92. The van der Waals surface area contributed by atoms with Crippen LogP contribution in [0.3, 0.4) is 0 Å². The Morgan fingerprint density at radius 2 is 1.88 bits per heavy atom. The van der Waals surface area contributed by atoms with E-state index in [1.807, 2.05) is 0 Å². The van der Waals surface area contributed by atoms with Crippen molar-refractivity contribution in [1.29, 1.82) is 0 Å². The number of rotatable bonds is 5. The second kappa shape index (κ2) is 8.32. The van der Waals surface area contributed by atoms with Gasteiger partial charge in [-0.15, -0.1) is 13.2 Å². The van der Waals surface area contributed by atoms with E-state index in [-0.39, 0.29) is 12.6 Å². The van der Waals surface area contributed by atoms with Crippen LogP contribution in [0, 0.1) is 5.82 Å². The van der Waals surface area contributed by atoms with Gasteiger partial charge in [0.1, 0.15) is 5.60 Å². The molecule has 1 saturated carbocycles. The van der Waals surface area contributed by atoms with Crippen LogP contribution in [0.4, 0.5) is 27.2 Å². The van der Waals surface area contributed by atoms with E-state index in [4.69, 9.17) is 9.47 Å². The highest BCUT2D eigenvalue weighted by Crippen LogP contribution is 2.52. The average molecular weight is 462 g/mol. The lowest BCUT2D eigenvalue weighted by molar-refractivity contribution is -0.275. The fourth-order valence-electron chi connectivity index (χ4n) is 3.77. The fourth-order valence-corrected chi connectivity index (χ4v) is 3.77. The number of carbonyl (C=O) groups excluding carboxylic acids is 2. The number of hydrogen-bond acceptors (Lipinski definition) is 5. The molecule has 3 rings (SSSR count). The van der Waals surface area contributed by atoms with Crippen LogP contribution in [0.5, 0.6) is 5.75 Å². The minimum atomic E-state index is -5.06. The number of nitrogens with zero attached hydrogens (tertiary/aromatic N) is 2.